The molecule has 3 amide bonds. The molecule has 1 unspecified atom stereocenters. The van der Waals surface area contributed by atoms with Crippen LogP contribution in [0.25, 0.3) is 0 Å². The van der Waals surface area contributed by atoms with Crippen LogP contribution in [0.15, 0.2) is 29.3 Å². The van der Waals surface area contributed by atoms with Gasteiger partial charge in [-0.3, -0.25) is 19.2 Å². The van der Waals surface area contributed by atoms with E-state index < -0.39 is 6.04 Å². The van der Waals surface area contributed by atoms with E-state index in [0.29, 0.717) is 22.0 Å². The molecule has 1 heterocycles. The van der Waals surface area contributed by atoms with Crippen LogP contribution in [0.5, 0.6) is 0 Å². The van der Waals surface area contributed by atoms with Crippen LogP contribution in [0.4, 0.5) is 11.4 Å². The fourth-order valence-electron chi connectivity index (χ4n) is 2.53. The van der Waals surface area contributed by atoms with Gasteiger partial charge in [0, 0.05) is 5.57 Å². The van der Waals surface area contributed by atoms with E-state index >= 15 is 0 Å². The molecule has 0 spiro atoms. The largest absolute Gasteiger partial charge is 0.373 e. The van der Waals surface area contributed by atoms with Crippen molar-refractivity contribution in [1.82, 2.24) is 5.48 Å². The number of carbonyl (C=O) groups excluding carboxylic acids is 3. The number of anilines is 2. The van der Waals surface area contributed by atoms with E-state index in [9.17, 15) is 14.4 Å². The number of hydroxylamine groups is 1. The molecule has 2 N–H and O–H groups in total. The predicted molar refractivity (Wildman–Crippen MR) is 104 cm³/mol. The summed E-state index contributed by atoms with van der Waals surface area (Å²) >= 11 is 6.21. The fourth-order valence-corrected chi connectivity index (χ4v) is 2.70. The maximum Gasteiger partial charge on any atom is 0.265 e. The van der Waals surface area contributed by atoms with Crippen LogP contribution in [0.2, 0.25) is 5.02 Å². The van der Waals surface area contributed by atoms with Crippen molar-refractivity contribution in [3.8, 4) is 0 Å². The minimum Gasteiger partial charge on any atom is -0.373 e. The van der Waals surface area contributed by atoms with E-state index in [4.69, 9.17) is 16.4 Å². The van der Waals surface area contributed by atoms with Gasteiger partial charge in [0.15, 0.2) is 0 Å². The quantitative estimate of drug-likeness (QED) is 0.440. The summed E-state index contributed by atoms with van der Waals surface area (Å²) in [6.07, 6.45) is -0.0673. The summed E-state index contributed by atoms with van der Waals surface area (Å²) in [6, 6.07) is 4.12. The minimum absolute atomic E-state index is 0.0813. The van der Waals surface area contributed by atoms with Gasteiger partial charge < -0.3 is 5.32 Å². The van der Waals surface area contributed by atoms with Gasteiger partial charge in [-0.15, -0.1) is 0 Å². The van der Waals surface area contributed by atoms with Gasteiger partial charge in [-0.2, -0.15) is 0 Å². The first-order valence-corrected chi connectivity index (χ1v) is 9.04. The molecule has 7 nitrogen and oxygen atoms in total. The van der Waals surface area contributed by atoms with Gasteiger partial charge in [-0.25, -0.2) is 10.4 Å². The molecule has 0 aromatic heterocycles. The zero-order valence-electron chi connectivity index (χ0n) is 16.1. The Morgan fingerprint density at radius 2 is 1.89 bits per heavy atom. The Bertz CT molecular complexity index is 800. The highest BCUT2D eigenvalue weighted by Crippen LogP contribution is 2.33. The number of imide groups is 1. The standard InChI is InChI=1S/C19H24ClN3O4/c1-10(2)14-9-17(24)23(19(14)26)13-6-7-15(20)16(8-13)21-12(5)18(25)22-27-11(3)4/h6-8,11-12,21H,9H2,1-5H3,(H,22,25). The monoisotopic (exact) mass is 393 g/mol. The van der Waals surface area contributed by atoms with Crippen LogP contribution >= 0.6 is 11.6 Å². The Morgan fingerprint density at radius 3 is 2.44 bits per heavy atom. The highest BCUT2D eigenvalue weighted by atomic mass is 35.5. The number of rotatable bonds is 6. The Kier molecular flexibility index (Phi) is 6.62. The van der Waals surface area contributed by atoms with Crippen molar-refractivity contribution < 1.29 is 19.2 Å². The lowest BCUT2D eigenvalue weighted by Crippen LogP contribution is -2.39. The van der Waals surface area contributed by atoms with E-state index in [1.165, 1.54) is 0 Å². The molecule has 0 aliphatic carbocycles. The van der Waals surface area contributed by atoms with Crippen molar-refractivity contribution in [3.63, 3.8) is 0 Å². The molecule has 1 aliphatic rings. The molecule has 1 fully saturated rings. The molecule has 0 saturated carbocycles. The van der Waals surface area contributed by atoms with Gasteiger partial charge >= 0.3 is 0 Å². The lowest BCUT2D eigenvalue weighted by molar-refractivity contribution is -0.137. The Morgan fingerprint density at radius 1 is 1.22 bits per heavy atom. The molecule has 0 bridgehead atoms. The third kappa shape index (κ3) is 4.87. The first kappa shape index (κ1) is 20.9. The Balaban J connectivity index is 2.22. The summed E-state index contributed by atoms with van der Waals surface area (Å²) in [6.45, 7) is 8.85. The van der Waals surface area contributed by atoms with Crippen molar-refractivity contribution in [2.45, 2.75) is 53.2 Å². The van der Waals surface area contributed by atoms with Gasteiger partial charge in [0.1, 0.15) is 6.04 Å². The molecular formula is C19H24ClN3O4. The van der Waals surface area contributed by atoms with Crippen molar-refractivity contribution >= 4 is 40.7 Å². The zero-order valence-corrected chi connectivity index (χ0v) is 16.8. The molecule has 1 aromatic rings. The lowest BCUT2D eigenvalue weighted by atomic mass is 10.1. The van der Waals surface area contributed by atoms with Crippen LogP contribution in [0, 0.1) is 0 Å². The number of benzene rings is 1. The van der Waals surface area contributed by atoms with Crippen LogP contribution in [0.1, 0.15) is 41.0 Å². The second-order valence-electron chi connectivity index (χ2n) is 6.85. The molecule has 146 valence electrons. The van der Waals surface area contributed by atoms with Gasteiger partial charge in [0.05, 0.1) is 28.9 Å². The summed E-state index contributed by atoms with van der Waals surface area (Å²) in [4.78, 5) is 43.1. The summed E-state index contributed by atoms with van der Waals surface area (Å²) < 4.78 is 0. The first-order valence-electron chi connectivity index (χ1n) is 8.67. The Hall–Kier alpha value is -2.38. The highest BCUT2D eigenvalue weighted by Gasteiger charge is 2.35. The number of amides is 3. The molecule has 1 aliphatic heterocycles. The summed E-state index contributed by atoms with van der Waals surface area (Å²) in [5.74, 6) is -0.990. The molecule has 0 radical (unpaired) electrons. The third-order valence-corrected chi connectivity index (χ3v) is 4.34. The van der Waals surface area contributed by atoms with E-state index in [0.717, 1.165) is 10.5 Å². The molecule has 1 aromatic carbocycles. The van der Waals surface area contributed by atoms with Crippen LogP contribution in [0.3, 0.4) is 0 Å². The predicted octanol–water partition coefficient (Wildman–Crippen LogP) is 3.20. The zero-order chi connectivity index (χ0) is 20.3. The van der Waals surface area contributed by atoms with Crippen LogP contribution in [-0.4, -0.2) is 29.9 Å². The summed E-state index contributed by atoms with van der Waals surface area (Å²) in [7, 11) is 0. The van der Waals surface area contributed by atoms with E-state index in [1.54, 1.807) is 52.8 Å². The fraction of sp³-hybridized carbons (Fsp3) is 0.421. The second-order valence-corrected chi connectivity index (χ2v) is 7.26. The number of nitrogens with one attached hydrogen (secondary N) is 2. The maximum atomic E-state index is 12.5. The molecule has 1 saturated heterocycles. The van der Waals surface area contributed by atoms with Crippen molar-refractivity contribution in [1.29, 1.82) is 0 Å². The smallest absolute Gasteiger partial charge is 0.265 e. The number of hydrogen-bond acceptors (Lipinski definition) is 5. The van der Waals surface area contributed by atoms with E-state index in [2.05, 4.69) is 10.8 Å². The Labute approximate surface area is 163 Å². The van der Waals surface area contributed by atoms with E-state index in [1.807, 2.05) is 0 Å². The first-order chi connectivity index (χ1) is 12.6. The van der Waals surface area contributed by atoms with Gasteiger partial charge in [-0.1, -0.05) is 17.2 Å². The van der Waals surface area contributed by atoms with E-state index in [-0.39, 0.29) is 30.2 Å². The molecule has 27 heavy (non-hydrogen) atoms. The maximum absolute atomic E-state index is 12.5. The van der Waals surface area contributed by atoms with Gasteiger partial charge in [-0.05, 0) is 52.8 Å². The normalized spacial score (nSPS) is 15.4. The number of halogens is 1. The van der Waals surface area contributed by atoms with Gasteiger partial charge in [0.2, 0.25) is 5.91 Å². The van der Waals surface area contributed by atoms with Crippen molar-refractivity contribution in [2.75, 3.05) is 10.2 Å². The SMILES string of the molecule is CC(C)=C1CC(=O)N(c2ccc(Cl)c(NC(C)C(=O)NOC(C)C)c2)C1=O. The van der Waals surface area contributed by atoms with Crippen molar-refractivity contribution in [3.05, 3.63) is 34.4 Å². The summed E-state index contributed by atoms with van der Waals surface area (Å²) in [5, 5.41) is 3.34. The van der Waals surface area contributed by atoms with Crippen molar-refractivity contribution in [2.24, 2.45) is 0 Å². The third-order valence-electron chi connectivity index (χ3n) is 4.01. The molecular weight excluding hydrogens is 370 g/mol. The second kappa shape index (κ2) is 8.54. The number of hydrogen-bond donors (Lipinski definition) is 2. The number of nitrogens with zero attached hydrogens (tertiary/aromatic N) is 1. The minimum atomic E-state index is -0.644. The molecule has 2 rings (SSSR count). The topological polar surface area (TPSA) is 87.7 Å². The average Bonchev–Trinajstić information content (AvgIpc) is 2.89. The molecule has 1 atom stereocenters. The van der Waals surface area contributed by atoms with Crippen LogP contribution in [-0.2, 0) is 19.2 Å². The number of allylic oxidation sites excluding steroid dienone is 1. The average molecular weight is 394 g/mol. The number of carbonyl (C=O) groups is 3. The van der Waals surface area contributed by atoms with Crippen LogP contribution < -0.4 is 15.7 Å². The summed E-state index contributed by atoms with van der Waals surface area (Å²) in [5.41, 5.74) is 4.52. The van der Waals surface area contributed by atoms with Gasteiger partial charge in [0.25, 0.3) is 11.8 Å². The lowest BCUT2D eigenvalue weighted by Gasteiger charge is -2.19. The molecule has 8 heteroatoms. The highest BCUT2D eigenvalue weighted by molar-refractivity contribution is 6.34.